The monoisotopic (exact) mass is 396 g/mol. The molecular weight excluding hydrogens is 372 g/mol. The molecule has 4 rings (SSSR count). The van der Waals surface area contributed by atoms with Crippen molar-refractivity contribution in [2.24, 2.45) is 7.05 Å². The van der Waals surface area contributed by atoms with Crippen molar-refractivity contribution >= 4 is 16.7 Å². The normalized spacial score (nSPS) is 10.9. The van der Waals surface area contributed by atoms with Crippen LogP contribution in [0.25, 0.3) is 21.9 Å². The van der Waals surface area contributed by atoms with E-state index in [0.717, 1.165) is 27.6 Å². The van der Waals surface area contributed by atoms with E-state index in [4.69, 9.17) is 0 Å². The van der Waals surface area contributed by atoms with E-state index in [9.17, 15) is 9.59 Å². The van der Waals surface area contributed by atoms with Gasteiger partial charge in [0.2, 0.25) is 0 Å². The number of hydrogen-bond acceptors (Lipinski definition) is 2. The van der Waals surface area contributed by atoms with Crippen LogP contribution in [0.5, 0.6) is 0 Å². The molecule has 0 radical (unpaired) electrons. The third kappa shape index (κ3) is 3.52. The van der Waals surface area contributed by atoms with Gasteiger partial charge in [0.05, 0.1) is 0 Å². The molecule has 0 spiro atoms. The summed E-state index contributed by atoms with van der Waals surface area (Å²) in [5, 5.41) is 4.39. The molecule has 0 fully saturated rings. The van der Waals surface area contributed by atoms with Gasteiger partial charge in [0.15, 0.2) is 0 Å². The number of carbonyl (C=O) groups excluding carboxylic acids is 1. The summed E-state index contributed by atoms with van der Waals surface area (Å²) >= 11 is 0. The van der Waals surface area contributed by atoms with Gasteiger partial charge in [-0.1, -0.05) is 72.3 Å². The Balaban J connectivity index is 1.88. The molecule has 0 saturated carbocycles. The lowest BCUT2D eigenvalue weighted by Gasteiger charge is -2.18. The first-order valence-electron chi connectivity index (χ1n) is 9.99. The maximum Gasteiger partial charge on any atom is 0.268 e. The number of amides is 1. The number of fused-ring (bicyclic) bond motifs is 1. The first-order valence-corrected chi connectivity index (χ1v) is 9.99. The van der Waals surface area contributed by atoms with E-state index in [1.54, 1.807) is 7.05 Å². The molecule has 4 heteroatoms. The lowest BCUT2D eigenvalue weighted by molar-refractivity contribution is 0.0942. The topological polar surface area (TPSA) is 51.1 Å². The molecule has 0 aliphatic carbocycles. The summed E-state index contributed by atoms with van der Waals surface area (Å²) in [6.07, 6.45) is 0. The Hall–Kier alpha value is -3.66. The van der Waals surface area contributed by atoms with Crippen molar-refractivity contribution in [3.63, 3.8) is 0 Å². The van der Waals surface area contributed by atoms with Gasteiger partial charge in [-0.25, -0.2) is 0 Å². The van der Waals surface area contributed by atoms with Crippen LogP contribution in [0.4, 0.5) is 0 Å². The zero-order valence-corrected chi connectivity index (χ0v) is 17.4. The van der Waals surface area contributed by atoms with Crippen molar-refractivity contribution in [3.05, 3.63) is 106 Å². The van der Waals surface area contributed by atoms with Gasteiger partial charge >= 0.3 is 0 Å². The van der Waals surface area contributed by atoms with E-state index in [1.807, 2.05) is 86.6 Å². The van der Waals surface area contributed by atoms with Crippen LogP contribution in [0.3, 0.4) is 0 Å². The van der Waals surface area contributed by atoms with Crippen LogP contribution in [-0.2, 0) is 13.6 Å². The fraction of sp³-hybridized carbons (Fsp3) is 0.154. The summed E-state index contributed by atoms with van der Waals surface area (Å²) in [7, 11) is 1.66. The molecule has 3 aromatic carbocycles. The van der Waals surface area contributed by atoms with E-state index < -0.39 is 0 Å². The maximum absolute atomic E-state index is 13.3. The van der Waals surface area contributed by atoms with Crippen LogP contribution in [0.2, 0.25) is 0 Å². The van der Waals surface area contributed by atoms with Crippen molar-refractivity contribution in [1.29, 1.82) is 0 Å². The van der Waals surface area contributed by atoms with Crippen LogP contribution in [0.15, 0.2) is 77.6 Å². The number of pyridine rings is 1. The molecule has 150 valence electrons. The molecule has 1 N–H and O–H groups in total. The second-order valence-electron chi connectivity index (χ2n) is 7.62. The fourth-order valence-corrected chi connectivity index (χ4v) is 3.83. The summed E-state index contributed by atoms with van der Waals surface area (Å²) in [5.74, 6) is -0.265. The van der Waals surface area contributed by atoms with Crippen LogP contribution in [-0.4, -0.2) is 10.5 Å². The van der Waals surface area contributed by atoms with Crippen molar-refractivity contribution in [3.8, 4) is 11.1 Å². The van der Waals surface area contributed by atoms with E-state index in [0.29, 0.717) is 17.6 Å². The molecule has 4 nitrogen and oxygen atoms in total. The van der Waals surface area contributed by atoms with Gasteiger partial charge in [-0.3, -0.25) is 9.59 Å². The average Bonchev–Trinajstić information content (AvgIpc) is 2.76. The molecule has 30 heavy (non-hydrogen) atoms. The van der Waals surface area contributed by atoms with E-state index in [2.05, 4.69) is 5.32 Å². The van der Waals surface area contributed by atoms with Crippen molar-refractivity contribution in [2.75, 3.05) is 0 Å². The Morgan fingerprint density at radius 3 is 2.20 bits per heavy atom. The molecule has 0 saturated heterocycles. The van der Waals surface area contributed by atoms with Gasteiger partial charge in [0.1, 0.15) is 5.69 Å². The SMILES string of the molecule is Cc1ccc(CNC(=O)c2c(-c3ccccc3C)c3ccccc3c(=O)n2C)cc1. The number of carbonyl (C=O) groups is 1. The predicted octanol–water partition coefficient (Wildman–Crippen LogP) is 4.75. The summed E-state index contributed by atoms with van der Waals surface area (Å²) in [6, 6.07) is 23.5. The zero-order valence-electron chi connectivity index (χ0n) is 17.4. The van der Waals surface area contributed by atoms with Crippen LogP contribution >= 0.6 is 0 Å². The number of hydrogen-bond donors (Lipinski definition) is 1. The second kappa shape index (κ2) is 7.99. The molecule has 0 aliphatic rings. The van der Waals surface area contributed by atoms with Gasteiger partial charge < -0.3 is 9.88 Å². The smallest absolute Gasteiger partial charge is 0.268 e. The van der Waals surface area contributed by atoms with E-state index >= 15 is 0 Å². The average molecular weight is 396 g/mol. The number of nitrogens with zero attached hydrogens (tertiary/aromatic N) is 1. The van der Waals surface area contributed by atoms with Gasteiger partial charge in [-0.2, -0.15) is 0 Å². The highest BCUT2D eigenvalue weighted by Gasteiger charge is 2.22. The lowest BCUT2D eigenvalue weighted by Crippen LogP contribution is -2.32. The number of nitrogens with one attached hydrogen (secondary N) is 1. The zero-order chi connectivity index (χ0) is 21.3. The van der Waals surface area contributed by atoms with Crippen LogP contribution in [0, 0.1) is 13.8 Å². The van der Waals surface area contributed by atoms with Crippen molar-refractivity contribution in [2.45, 2.75) is 20.4 Å². The Labute approximate surface area is 175 Å². The Morgan fingerprint density at radius 1 is 0.867 bits per heavy atom. The Bertz CT molecular complexity index is 1300. The van der Waals surface area contributed by atoms with Gasteiger partial charge in [0.25, 0.3) is 11.5 Å². The summed E-state index contributed by atoms with van der Waals surface area (Å²) in [4.78, 5) is 26.4. The molecule has 0 unspecified atom stereocenters. The maximum atomic E-state index is 13.3. The van der Waals surface area contributed by atoms with E-state index in [-0.39, 0.29) is 11.5 Å². The predicted molar refractivity (Wildman–Crippen MR) is 122 cm³/mol. The largest absolute Gasteiger partial charge is 0.347 e. The fourth-order valence-electron chi connectivity index (χ4n) is 3.83. The standard InChI is InChI=1S/C26H24N2O2/c1-17-12-14-19(15-13-17)16-27-25(29)24-23(20-9-5-4-8-18(20)2)21-10-6-7-11-22(21)26(30)28(24)3/h4-15H,16H2,1-3H3,(H,27,29). The quantitative estimate of drug-likeness (QED) is 0.541. The number of aromatic nitrogens is 1. The van der Waals surface area contributed by atoms with E-state index in [1.165, 1.54) is 10.1 Å². The molecule has 0 atom stereocenters. The van der Waals surface area contributed by atoms with Crippen molar-refractivity contribution in [1.82, 2.24) is 9.88 Å². The minimum Gasteiger partial charge on any atom is -0.347 e. The number of aryl methyl sites for hydroxylation is 2. The highest BCUT2D eigenvalue weighted by molar-refractivity contribution is 6.08. The van der Waals surface area contributed by atoms with Gasteiger partial charge in [0, 0.05) is 24.5 Å². The highest BCUT2D eigenvalue weighted by atomic mass is 16.2. The van der Waals surface area contributed by atoms with Crippen molar-refractivity contribution < 1.29 is 4.79 Å². The van der Waals surface area contributed by atoms with Gasteiger partial charge in [-0.05, 0) is 42.0 Å². The van der Waals surface area contributed by atoms with Crippen LogP contribution < -0.4 is 10.9 Å². The molecule has 1 amide bonds. The third-order valence-electron chi connectivity index (χ3n) is 5.51. The molecular formula is C26H24N2O2. The van der Waals surface area contributed by atoms with Crippen LogP contribution in [0.1, 0.15) is 27.2 Å². The molecule has 0 aliphatic heterocycles. The Kier molecular flexibility index (Phi) is 5.23. The lowest BCUT2D eigenvalue weighted by atomic mass is 9.93. The first-order chi connectivity index (χ1) is 14.5. The number of rotatable bonds is 4. The summed E-state index contributed by atoms with van der Waals surface area (Å²) in [5.41, 5.74) is 5.16. The molecule has 4 aromatic rings. The van der Waals surface area contributed by atoms with Gasteiger partial charge in [-0.15, -0.1) is 0 Å². The minimum absolute atomic E-state index is 0.177. The molecule has 1 heterocycles. The Morgan fingerprint density at radius 2 is 1.50 bits per heavy atom. The number of benzene rings is 3. The first kappa shape index (κ1) is 19.6. The summed E-state index contributed by atoms with van der Waals surface area (Å²) < 4.78 is 1.47. The molecule has 1 aromatic heterocycles. The summed E-state index contributed by atoms with van der Waals surface area (Å²) in [6.45, 7) is 4.44. The minimum atomic E-state index is -0.265. The third-order valence-corrected chi connectivity index (χ3v) is 5.51. The highest BCUT2D eigenvalue weighted by Crippen LogP contribution is 2.32. The second-order valence-corrected chi connectivity index (χ2v) is 7.62. The molecule has 0 bridgehead atoms.